The molecule has 8 heteroatoms. The molecule has 146 valence electrons. The van der Waals surface area contributed by atoms with Crippen LogP contribution in [-0.2, 0) is 19.6 Å². The molecule has 1 N–H and O–H groups in total. The second kappa shape index (κ2) is 9.89. The summed E-state index contributed by atoms with van der Waals surface area (Å²) in [6.07, 6.45) is 4.71. The molecule has 0 spiro atoms. The third-order valence-electron chi connectivity index (χ3n) is 4.42. The topological polar surface area (TPSA) is 84.9 Å². The van der Waals surface area contributed by atoms with Crippen molar-refractivity contribution >= 4 is 15.9 Å². The first-order chi connectivity index (χ1) is 12.4. The maximum absolute atomic E-state index is 12.4. The number of hydrogen-bond acceptors (Lipinski definition) is 5. The smallest absolute Gasteiger partial charge is 0.240 e. The number of hydrogen-bond donors (Lipinski definition) is 1. The Hall–Kier alpha value is -1.64. The van der Waals surface area contributed by atoms with E-state index in [0.29, 0.717) is 25.4 Å². The number of benzene rings is 1. The van der Waals surface area contributed by atoms with Gasteiger partial charge in [0, 0.05) is 33.7 Å². The Morgan fingerprint density at radius 3 is 2.42 bits per heavy atom. The van der Waals surface area contributed by atoms with Crippen molar-refractivity contribution in [1.82, 2.24) is 9.62 Å². The van der Waals surface area contributed by atoms with E-state index in [9.17, 15) is 13.2 Å². The largest absolute Gasteiger partial charge is 0.490 e. The summed E-state index contributed by atoms with van der Waals surface area (Å²) in [6, 6.07) is 6.46. The standard InChI is InChI=1S/C18H28N2O5S/c1-15(21)20(13-14-24-2)12-11-19-26(22,23)18-9-7-17(8-10-18)25-16-5-3-4-6-16/h7-10,16,19H,3-6,11-14H2,1-2H3. The van der Waals surface area contributed by atoms with Crippen LogP contribution in [0, 0.1) is 0 Å². The highest BCUT2D eigenvalue weighted by atomic mass is 32.2. The lowest BCUT2D eigenvalue weighted by Gasteiger charge is -2.20. The SMILES string of the molecule is COCCN(CCNS(=O)(=O)c1ccc(OC2CCCC2)cc1)C(C)=O. The molecule has 1 fully saturated rings. The molecule has 1 aromatic rings. The lowest BCUT2D eigenvalue weighted by molar-refractivity contribution is -0.129. The van der Waals surface area contributed by atoms with Gasteiger partial charge in [0.1, 0.15) is 5.75 Å². The van der Waals surface area contributed by atoms with Gasteiger partial charge in [-0.3, -0.25) is 4.79 Å². The Balaban J connectivity index is 1.87. The van der Waals surface area contributed by atoms with E-state index in [1.165, 1.54) is 19.8 Å². The van der Waals surface area contributed by atoms with E-state index in [2.05, 4.69) is 4.72 Å². The first-order valence-corrected chi connectivity index (χ1v) is 10.4. The van der Waals surface area contributed by atoms with Crippen molar-refractivity contribution in [2.45, 2.75) is 43.6 Å². The van der Waals surface area contributed by atoms with E-state index in [4.69, 9.17) is 9.47 Å². The molecule has 2 rings (SSSR count). The van der Waals surface area contributed by atoms with E-state index >= 15 is 0 Å². The molecule has 0 heterocycles. The number of ether oxygens (including phenoxy) is 2. The number of rotatable bonds is 10. The molecule has 1 aliphatic carbocycles. The summed E-state index contributed by atoms with van der Waals surface area (Å²) < 4.78 is 38.1. The zero-order chi connectivity index (χ0) is 19.0. The molecule has 1 aromatic carbocycles. The van der Waals surface area contributed by atoms with Gasteiger partial charge in [-0.25, -0.2) is 13.1 Å². The minimum Gasteiger partial charge on any atom is -0.490 e. The maximum Gasteiger partial charge on any atom is 0.240 e. The van der Waals surface area contributed by atoms with Crippen LogP contribution in [0.1, 0.15) is 32.6 Å². The number of carbonyl (C=O) groups excluding carboxylic acids is 1. The minimum absolute atomic E-state index is 0.116. The molecule has 1 saturated carbocycles. The van der Waals surface area contributed by atoms with Crippen LogP contribution >= 0.6 is 0 Å². The van der Waals surface area contributed by atoms with Gasteiger partial charge in [-0.2, -0.15) is 0 Å². The number of sulfonamides is 1. The third kappa shape index (κ3) is 6.26. The van der Waals surface area contributed by atoms with Gasteiger partial charge in [-0.05, 0) is 49.9 Å². The van der Waals surface area contributed by atoms with Crippen molar-refractivity contribution in [3.8, 4) is 5.75 Å². The molecular formula is C18H28N2O5S. The maximum atomic E-state index is 12.4. The van der Waals surface area contributed by atoms with Gasteiger partial charge in [0.25, 0.3) is 0 Å². The molecule has 0 atom stereocenters. The van der Waals surface area contributed by atoms with Gasteiger partial charge in [-0.15, -0.1) is 0 Å². The monoisotopic (exact) mass is 384 g/mol. The van der Waals surface area contributed by atoms with Gasteiger partial charge >= 0.3 is 0 Å². The molecule has 26 heavy (non-hydrogen) atoms. The molecule has 1 aliphatic rings. The first-order valence-electron chi connectivity index (χ1n) is 8.93. The summed E-state index contributed by atoms with van der Waals surface area (Å²) in [5, 5.41) is 0. The average Bonchev–Trinajstić information content (AvgIpc) is 3.11. The fourth-order valence-corrected chi connectivity index (χ4v) is 3.94. The van der Waals surface area contributed by atoms with Crippen LogP contribution in [0.4, 0.5) is 0 Å². The Bertz CT molecular complexity index is 669. The summed E-state index contributed by atoms with van der Waals surface area (Å²) in [5.74, 6) is 0.577. The lowest BCUT2D eigenvalue weighted by atomic mass is 10.3. The second-order valence-corrected chi connectivity index (χ2v) is 8.16. The van der Waals surface area contributed by atoms with E-state index in [-0.39, 0.29) is 23.5 Å². The minimum atomic E-state index is -3.62. The first kappa shape index (κ1) is 20.7. The van der Waals surface area contributed by atoms with Gasteiger partial charge in [-0.1, -0.05) is 0 Å². The number of methoxy groups -OCH3 is 1. The van der Waals surface area contributed by atoms with Crippen LogP contribution in [0.15, 0.2) is 29.2 Å². The van der Waals surface area contributed by atoms with Crippen molar-refractivity contribution in [2.24, 2.45) is 0 Å². The Kier molecular flexibility index (Phi) is 7.86. The summed E-state index contributed by atoms with van der Waals surface area (Å²) >= 11 is 0. The highest BCUT2D eigenvalue weighted by Crippen LogP contribution is 2.24. The second-order valence-electron chi connectivity index (χ2n) is 6.39. The van der Waals surface area contributed by atoms with Crippen molar-refractivity contribution in [3.05, 3.63) is 24.3 Å². The summed E-state index contributed by atoms with van der Waals surface area (Å²) in [7, 11) is -2.06. The zero-order valence-electron chi connectivity index (χ0n) is 15.4. The van der Waals surface area contributed by atoms with Crippen molar-refractivity contribution in [3.63, 3.8) is 0 Å². The number of carbonyl (C=O) groups is 1. The van der Waals surface area contributed by atoms with Crippen LogP contribution in [-0.4, -0.2) is 58.7 Å². The van der Waals surface area contributed by atoms with E-state index in [0.717, 1.165) is 12.8 Å². The Morgan fingerprint density at radius 1 is 1.19 bits per heavy atom. The number of nitrogens with zero attached hydrogens (tertiary/aromatic N) is 1. The molecule has 0 unspecified atom stereocenters. The average molecular weight is 384 g/mol. The lowest BCUT2D eigenvalue weighted by Crippen LogP contribution is -2.39. The quantitative estimate of drug-likeness (QED) is 0.665. The van der Waals surface area contributed by atoms with Crippen molar-refractivity contribution < 1.29 is 22.7 Å². The Morgan fingerprint density at radius 2 is 1.85 bits per heavy atom. The van der Waals surface area contributed by atoms with Crippen LogP contribution in [0.2, 0.25) is 0 Å². The normalized spacial score (nSPS) is 15.2. The van der Waals surface area contributed by atoms with Crippen molar-refractivity contribution in [2.75, 3.05) is 33.4 Å². The van der Waals surface area contributed by atoms with Gasteiger partial charge in [0.05, 0.1) is 17.6 Å². The van der Waals surface area contributed by atoms with Crippen LogP contribution < -0.4 is 9.46 Å². The van der Waals surface area contributed by atoms with Gasteiger partial charge in [0.2, 0.25) is 15.9 Å². The predicted octanol–water partition coefficient (Wildman–Crippen LogP) is 1.78. The molecule has 0 aromatic heterocycles. The molecule has 7 nitrogen and oxygen atoms in total. The molecular weight excluding hydrogens is 356 g/mol. The summed E-state index contributed by atoms with van der Waals surface area (Å²) in [6.45, 7) is 2.73. The van der Waals surface area contributed by atoms with E-state index in [1.54, 1.807) is 36.3 Å². The van der Waals surface area contributed by atoms with Crippen molar-refractivity contribution in [1.29, 1.82) is 0 Å². The fourth-order valence-electron chi connectivity index (χ4n) is 2.92. The predicted molar refractivity (Wildman–Crippen MR) is 98.6 cm³/mol. The van der Waals surface area contributed by atoms with Gasteiger partial charge in [0.15, 0.2) is 0 Å². The molecule has 1 amide bonds. The zero-order valence-corrected chi connectivity index (χ0v) is 16.3. The van der Waals surface area contributed by atoms with Crippen LogP contribution in [0.25, 0.3) is 0 Å². The third-order valence-corrected chi connectivity index (χ3v) is 5.90. The number of nitrogens with one attached hydrogen (secondary N) is 1. The molecule has 0 saturated heterocycles. The summed E-state index contributed by atoms with van der Waals surface area (Å²) in [5.41, 5.74) is 0. The van der Waals surface area contributed by atoms with Crippen LogP contribution in [0.3, 0.4) is 0 Å². The van der Waals surface area contributed by atoms with E-state index < -0.39 is 10.0 Å². The van der Waals surface area contributed by atoms with E-state index in [1.807, 2.05) is 0 Å². The molecule has 0 aliphatic heterocycles. The molecule has 0 radical (unpaired) electrons. The number of amides is 1. The fraction of sp³-hybridized carbons (Fsp3) is 0.611. The molecule has 0 bridgehead atoms. The van der Waals surface area contributed by atoms with Crippen LogP contribution in [0.5, 0.6) is 5.75 Å². The van der Waals surface area contributed by atoms with Gasteiger partial charge < -0.3 is 14.4 Å². The highest BCUT2D eigenvalue weighted by molar-refractivity contribution is 7.89. The Labute approximate surface area is 155 Å². The summed E-state index contributed by atoms with van der Waals surface area (Å²) in [4.78, 5) is 13.3. The highest BCUT2D eigenvalue weighted by Gasteiger charge is 2.18.